The first-order valence-electron chi connectivity index (χ1n) is 7.79. The second kappa shape index (κ2) is 7.84. The number of hydrogen-bond donors (Lipinski definition) is 0. The minimum atomic E-state index is -0.0839. The number of hydrogen-bond acceptors (Lipinski definition) is 4. The van der Waals surface area contributed by atoms with Gasteiger partial charge in [0.15, 0.2) is 6.29 Å². The predicted molar refractivity (Wildman–Crippen MR) is 86.9 cm³/mol. The monoisotopic (exact) mass is 345 g/mol. The van der Waals surface area contributed by atoms with Gasteiger partial charge in [-0.1, -0.05) is 29.6 Å². The molecule has 2 aliphatic rings. The number of benzene rings is 1. The lowest BCUT2D eigenvalue weighted by Gasteiger charge is -2.37. The van der Waals surface area contributed by atoms with Crippen molar-refractivity contribution in [1.29, 1.82) is 0 Å². The molecule has 0 aromatic heterocycles. The smallest absolute Gasteiger partial charge is 0.173 e. The fourth-order valence-corrected chi connectivity index (χ4v) is 3.53. The average Bonchev–Trinajstić information content (AvgIpc) is 3.04. The Balaban J connectivity index is 1.52. The molecule has 4 nitrogen and oxygen atoms in total. The van der Waals surface area contributed by atoms with Gasteiger partial charge in [0.05, 0.1) is 24.3 Å². The fourth-order valence-electron chi connectivity index (χ4n) is 3.07. The molecule has 0 amide bonds. The van der Waals surface area contributed by atoms with E-state index in [0.29, 0.717) is 41.7 Å². The molecule has 0 bridgehead atoms. The van der Waals surface area contributed by atoms with Crippen molar-refractivity contribution in [3.63, 3.8) is 0 Å². The molecule has 1 aromatic rings. The standard InChI is InChI=1S/C16H21Cl2NO3/c17-12-4-5-15(13(18)11-12)20-8-7-19-6-2-1-3-14(19)16-21-9-10-22-16/h4-5,11,14,16H,1-3,6-10H2. The van der Waals surface area contributed by atoms with E-state index < -0.39 is 0 Å². The van der Waals surface area contributed by atoms with Gasteiger partial charge in [0.25, 0.3) is 0 Å². The molecule has 3 rings (SSSR count). The molecule has 2 aliphatic heterocycles. The van der Waals surface area contributed by atoms with Crippen LogP contribution in [0.4, 0.5) is 0 Å². The van der Waals surface area contributed by atoms with Crippen molar-refractivity contribution in [3.8, 4) is 5.75 Å². The van der Waals surface area contributed by atoms with Crippen LogP contribution in [0, 0.1) is 0 Å². The number of halogens is 2. The van der Waals surface area contributed by atoms with Gasteiger partial charge >= 0.3 is 0 Å². The molecule has 122 valence electrons. The normalized spacial score (nSPS) is 23.8. The van der Waals surface area contributed by atoms with Gasteiger partial charge in [-0.05, 0) is 37.6 Å². The summed E-state index contributed by atoms with van der Waals surface area (Å²) in [7, 11) is 0. The molecule has 1 unspecified atom stereocenters. The second-order valence-electron chi connectivity index (χ2n) is 5.63. The highest BCUT2D eigenvalue weighted by molar-refractivity contribution is 6.35. The SMILES string of the molecule is Clc1ccc(OCCN2CCCCC2C2OCCO2)c(Cl)c1. The summed E-state index contributed by atoms with van der Waals surface area (Å²) in [6.07, 6.45) is 3.48. The Bertz CT molecular complexity index is 494. The maximum absolute atomic E-state index is 6.12. The van der Waals surface area contributed by atoms with E-state index in [1.165, 1.54) is 12.8 Å². The van der Waals surface area contributed by atoms with Gasteiger partial charge in [-0.3, -0.25) is 4.90 Å². The topological polar surface area (TPSA) is 30.9 Å². The Labute approximate surface area is 141 Å². The van der Waals surface area contributed by atoms with Crippen molar-refractivity contribution in [2.24, 2.45) is 0 Å². The van der Waals surface area contributed by atoms with E-state index >= 15 is 0 Å². The van der Waals surface area contributed by atoms with E-state index in [2.05, 4.69) is 4.90 Å². The third-order valence-corrected chi connectivity index (χ3v) is 4.69. The van der Waals surface area contributed by atoms with E-state index in [1.807, 2.05) is 6.07 Å². The van der Waals surface area contributed by atoms with Crippen molar-refractivity contribution < 1.29 is 14.2 Å². The molecule has 0 aliphatic carbocycles. The zero-order chi connectivity index (χ0) is 15.4. The van der Waals surface area contributed by atoms with Gasteiger partial charge in [-0.2, -0.15) is 0 Å². The quantitative estimate of drug-likeness (QED) is 0.815. The Kier molecular flexibility index (Phi) is 5.83. The van der Waals surface area contributed by atoms with Crippen molar-refractivity contribution in [3.05, 3.63) is 28.2 Å². The Hall–Kier alpha value is -0.520. The minimum absolute atomic E-state index is 0.0839. The Morgan fingerprint density at radius 3 is 2.77 bits per heavy atom. The van der Waals surface area contributed by atoms with E-state index in [-0.39, 0.29) is 6.29 Å². The summed E-state index contributed by atoms with van der Waals surface area (Å²) in [6.45, 7) is 3.89. The predicted octanol–water partition coefficient (Wildman–Crippen LogP) is 3.60. The molecular weight excluding hydrogens is 325 g/mol. The van der Waals surface area contributed by atoms with Crippen LogP contribution in [-0.4, -0.2) is 50.1 Å². The zero-order valence-electron chi connectivity index (χ0n) is 12.5. The lowest BCUT2D eigenvalue weighted by Crippen LogP contribution is -2.48. The largest absolute Gasteiger partial charge is 0.491 e. The summed E-state index contributed by atoms with van der Waals surface area (Å²) < 4.78 is 17.1. The van der Waals surface area contributed by atoms with Gasteiger partial charge in [-0.15, -0.1) is 0 Å². The number of likely N-dealkylation sites (tertiary alicyclic amines) is 1. The third kappa shape index (κ3) is 4.06. The number of piperidine rings is 1. The lowest BCUT2D eigenvalue weighted by atomic mass is 10.0. The van der Waals surface area contributed by atoms with Crippen LogP contribution in [0.15, 0.2) is 18.2 Å². The highest BCUT2D eigenvalue weighted by atomic mass is 35.5. The van der Waals surface area contributed by atoms with Crippen molar-refractivity contribution in [2.75, 3.05) is 32.9 Å². The second-order valence-corrected chi connectivity index (χ2v) is 6.48. The summed E-state index contributed by atoms with van der Waals surface area (Å²) in [5, 5.41) is 1.16. The molecule has 2 fully saturated rings. The molecule has 0 N–H and O–H groups in total. The van der Waals surface area contributed by atoms with Crippen LogP contribution in [0.25, 0.3) is 0 Å². The first kappa shape index (κ1) is 16.3. The Morgan fingerprint density at radius 2 is 2.00 bits per heavy atom. The summed E-state index contributed by atoms with van der Waals surface area (Å²) in [5.74, 6) is 0.674. The molecule has 22 heavy (non-hydrogen) atoms. The van der Waals surface area contributed by atoms with Gasteiger partial charge in [0.2, 0.25) is 0 Å². The molecule has 0 radical (unpaired) electrons. The van der Waals surface area contributed by atoms with E-state index in [1.54, 1.807) is 12.1 Å². The molecular formula is C16H21Cl2NO3. The molecule has 2 heterocycles. The number of rotatable bonds is 5. The third-order valence-electron chi connectivity index (χ3n) is 4.16. The Morgan fingerprint density at radius 1 is 1.18 bits per heavy atom. The van der Waals surface area contributed by atoms with Crippen LogP contribution in [-0.2, 0) is 9.47 Å². The van der Waals surface area contributed by atoms with Gasteiger partial charge in [0.1, 0.15) is 12.4 Å². The highest BCUT2D eigenvalue weighted by Gasteiger charge is 2.33. The van der Waals surface area contributed by atoms with Crippen LogP contribution < -0.4 is 4.74 Å². The first-order chi connectivity index (χ1) is 10.7. The maximum Gasteiger partial charge on any atom is 0.173 e. The van der Waals surface area contributed by atoms with Crippen LogP contribution in [0.2, 0.25) is 10.0 Å². The molecule has 1 aromatic carbocycles. The van der Waals surface area contributed by atoms with E-state index in [4.69, 9.17) is 37.4 Å². The lowest BCUT2D eigenvalue weighted by molar-refractivity contribution is -0.110. The van der Waals surface area contributed by atoms with E-state index in [9.17, 15) is 0 Å². The maximum atomic E-state index is 6.12. The first-order valence-corrected chi connectivity index (χ1v) is 8.55. The van der Waals surface area contributed by atoms with Crippen LogP contribution in [0.3, 0.4) is 0 Å². The molecule has 2 saturated heterocycles. The van der Waals surface area contributed by atoms with Crippen molar-refractivity contribution in [2.45, 2.75) is 31.6 Å². The fraction of sp³-hybridized carbons (Fsp3) is 0.625. The molecule has 0 saturated carbocycles. The summed E-state index contributed by atoms with van der Waals surface area (Å²) >= 11 is 12.0. The highest BCUT2D eigenvalue weighted by Crippen LogP contribution is 2.28. The molecule has 6 heteroatoms. The van der Waals surface area contributed by atoms with Gasteiger partial charge in [-0.25, -0.2) is 0 Å². The van der Waals surface area contributed by atoms with Crippen LogP contribution >= 0.6 is 23.2 Å². The van der Waals surface area contributed by atoms with Crippen LogP contribution in [0.1, 0.15) is 19.3 Å². The van der Waals surface area contributed by atoms with Crippen molar-refractivity contribution in [1.82, 2.24) is 4.90 Å². The summed E-state index contributed by atoms with van der Waals surface area (Å²) in [5.41, 5.74) is 0. The average molecular weight is 346 g/mol. The molecule has 1 atom stereocenters. The van der Waals surface area contributed by atoms with Gasteiger partial charge < -0.3 is 14.2 Å². The minimum Gasteiger partial charge on any atom is -0.491 e. The zero-order valence-corrected chi connectivity index (χ0v) is 14.0. The number of ether oxygens (including phenoxy) is 3. The van der Waals surface area contributed by atoms with Crippen molar-refractivity contribution >= 4 is 23.2 Å². The van der Waals surface area contributed by atoms with Crippen LogP contribution in [0.5, 0.6) is 5.75 Å². The number of nitrogens with zero attached hydrogens (tertiary/aromatic N) is 1. The van der Waals surface area contributed by atoms with Gasteiger partial charge in [0, 0.05) is 11.6 Å². The molecule has 0 spiro atoms. The summed E-state index contributed by atoms with van der Waals surface area (Å²) in [6, 6.07) is 5.62. The van der Waals surface area contributed by atoms with E-state index in [0.717, 1.165) is 19.5 Å². The summed E-state index contributed by atoms with van der Waals surface area (Å²) in [4.78, 5) is 2.41.